The Bertz CT molecular complexity index is 687. The van der Waals surface area contributed by atoms with Crippen molar-refractivity contribution in [3.63, 3.8) is 0 Å². The lowest BCUT2D eigenvalue weighted by molar-refractivity contribution is 0.559. The second-order valence-electron chi connectivity index (χ2n) is 6.13. The van der Waals surface area contributed by atoms with Crippen molar-refractivity contribution < 1.29 is 12.8 Å². The molecule has 1 aromatic carbocycles. The molecule has 0 aromatic heterocycles. The lowest BCUT2D eigenvalue weighted by Crippen LogP contribution is -2.42. The number of nitrogens with one attached hydrogen (secondary N) is 3. The number of aliphatic imine (C=N–C) groups is 1. The minimum atomic E-state index is -3.15. The van der Waals surface area contributed by atoms with Gasteiger partial charge in [-0.05, 0) is 30.9 Å². The van der Waals surface area contributed by atoms with E-state index >= 15 is 0 Å². The van der Waals surface area contributed by atoms with Crippen LogP contribution < -0.4 is 15.4 Å². The molecule has 6 nitrogen and oxygen atoms in total. The van der Waals surface area contributed by atoms with Crippen LogP contribution in [0.15, 0.2) is 29.3 Å². The zero-order valence-electron chi connectivity index (χ0n) is 14.1. The van der Waals surface area contributed by atoms with Crippen molar-refractivity contribution in [2.24, 2.45) is 4.99 Å². The standard InChI is InChI=1S/C16H25FN4O2S/c1-18-15(19-10-5-11-21-24(2,22)23)20-12-16(8-9-16)13-6-3-4-7-14(13)17/h3-4,6-7,21H,5,8-12H2,1-2H3,(H2,18,19,20). The number of nitrogens with zero attached hydrogens (tertiary/aromatic N) is 1. The summed E-state index contributed by atoms with van der Waals surface area (Å²) in [4.78, 5) is 4.14. The summed E-state index contributed by atoms with van der Waals surface area (Å²) >= 11 is 0. The molecule has 0 spiro atoms. The van der Waals surface area contributed by atoms with Crippen LogP contribution in [-0.4, -0.2) is 47.3 Å². The van der Waals surface area contributed by atoms with E-state index in [9.17, 15) is 12.8 Å². The third-order valence-electron chi connectivity index (χ3n) is 4.13. The molecule has 1 aromatic rings. The van der Waals surface area contributed by atoms with Gasteiger partial charge in [-0.15, -0.1) is 0 Å². The largest absolute Gasteiger partial charge is 0.356 e. The molecule has 0 heterocycles. The van der Waals surface area contributed by atoms with Crippen LogP contribution in [0.5, 0.6) is 0 Å². The van der Waals surface area contributed by atoms with Crippen molar-refractivity contribution in [1.82, 2.24) is 15.4 Å². The lowest BCUT2D eigenvalue weighted by Gasteiger charge is -2.19. The number of guanidine groups is 1. The summed E-state index contributed by atoms with van der Waals surface area (Å²) in [5, 5.41) is 6.37. The van der Waals surface area contributed by atoms with Crippen LogP contribution >= 0.6 is 0 Å². The topological polar surface area (TPSA) is 82.6 Å². The number of hydrogen-bond donors (Lipinski definition) is 3. The first-order valence-electron chi connectivity index (χ1n) is 8.00. The number of benzene rings is 1. The van der Waals surface area contributed by atoms with Crippen molar-refractivity contribution in [3.8, 4) is 0 Å². The van der Waals surface area contributed by atoms with E-state index in [1.807, 2.05) is 12.1 Å². The van der Waals surface area contributed by atoms with E-state index < -0.39 is 10.0 Å². The van der Waals surface area contributed by atoms with Gasteiger partial charge in [0.15, 0.2) is 5.96 Å². The van der Waals surface area contributed by atoms with E-state index in [2.05, 4.69) is 20.3 Å². The minimum Gasteiger partial charge on any atom is -0.356 e. The number of sulfonamides is 1. The molecule has 1 saturated carbocycles. The van der Waals surface area contributed by atoms with Gasteiger partial charge in [-0.2, -0.15) is 0 Å². The first-order chi connectivity index (χ1) is 11.4. The van der Waals surface area contributed by atoms with Crippen molar-refractivity contribution >= 4 is 16.0 Å². The summed E-state index contributed by atoms with van der Waals surface area (Å²) in [5.74, 6) is 0.476. The molecule has 134 valence electrons. The zero-order chi connectivity index (χ0) is 17.6. The normalized spacial score (nSPS) is 16.7. The van der Waals surface area contributed by atoms with Crippen LogP contribution in [0.4, 0.5) is 4.39 Å². The molecule has 0 radical (unpaired) electrons. The maximum atomic E-state index is 14.0. The van der Waals surface area contributed by atoms with Gasteiger partial charge in [0.05, 0.1) is 6.26 Å². The third-order valence-corrected chi connectivity index (χ3v) is 4.86. The Balaban J connectivity index is 1.77. The fourth-order valence-corrected chi connectivity index (χ4v) is 3.12. The zero-order valence-corrected chi connectivity index (χ0v) is 14.9. The van der Waals surface area contributed by atoms with E-state index in [4.69, 9.17) is 0 Å². The highest BCUT2D eigenvalue weighted by molar-refractivity contribution is 7.88. The van der Waals surface area contributed by atoms with Gasteiger partial charge in [0, 0.05) is 32.1 Å². The minimum absolute atomic E-state index is 0.152. The average molecular weight is 356 g/mol. The van der Waals surface area contributed by atoms with Crippen molar-refractivity contribution in [3.05, 3.63) is 35.6 Å². The van der Waals surface area contributed by atoms with Crippen molar-refractivity contribution in [2.75, 3.05) is 32.9 Å². The highest BCUT2D eigenvalue weighted by Gasteiger charge is 2.45. The van der Waals surface area contributed by atoms with Gasteiger partial charge in [-0.3, -0.25) is 4.99 Å². The fraction of sp³-hybridized carbons (Fsp3) is 0.562. The van der Waals surface area contributed by atoms with Crippen LogP contribution in [0.3, 0.4) is 0 Å². The van der Waals surface area contributed by atoms with Crippen molar-refractivity contribution in [1.29, 1.82) is 0 Å². The van der Waals surface area contributed by atoms with Gasteiger partial charge >= 0.3 is 0 Å². The van der Waals surface area contributed by atoms with Crippen LogP contribution in [0.25, 0.3) is 0 Å². The second kappa shape index (κ2) is 7.94. The molecule has 3 N–H and O–H groups in total. The van der Waals surface area contributed by atoms with E-state index in [-0.39, 0.29) is 11.2 Å². The first kappa shape index (κ1) is 18.7. The average Bonchev–Trinajstić information content (AvgIpc) is 3.30. The number of halogens is 1. The summed E-state index contributed by atoms with van der Waals surface area (Å²) < 4.78 is 38.4. The molecule has 8 heteroatoms. The third kappa shape index (κ3) is 5.45. The van der Waals surface area contributed by atoms with Crippen LogP contribution in [0.1, 0.15) is 24.8 Å². The number of rotatable bonds is 8. The van der Waals surface area contributed by atoms with Crippen LogP contribution in [0.2, 0.25) is 0 Å². The molecule has 2 rings (SSSR count). The van der Waals surface area contributed by atoms with Gasteiger partial charge in [0.1, 0.15) is 5.82 Å². The second-order valence-corrected chi connectivity index (χ2v) is 7.97. The molecule has 1 aliphatic carbocycles. The van der Waals surface area contributed by atoms with E-state index in [1.165, 1.54) is 6.07 Å². The summed E-state index contributed by atoms with van der Waals surface area (Å²) in [6.45, 7) is 1.59. The predicted molar refractivity (Wildman–Crippen MR) is 94.1 cm³/mol. The number of hydrogen-bond acceptors (Lipinski definition) is 3. The Hall–Kier alpha value is -1.67. The summed E-state index contributed by atoms with van der Waals surface area (Å²) in [6.07, 6.45) is 3.69. The fourth-order valence-electron chi connectivity index (χ4n) is 2.61. The quantitative estimate of drug-likeness (QED) is 0.368. The molecule has 0 amide bonds. The van der Waals surface area contributed by atoms with Gasteiger partial charge in [-0.25, -0.2) is 17.5 Å². The van der Waals surface area contributed by atoms with Gasteiger partial charge < -0.3 is 10.6 Å². The van der Waals surface area contributed by atoms with E-state index in [0.717, 1.165) is 24.7 Å². The maximum absolute atomic E-state index is 14.0. The summed E-state index contributed by atoms with van der Waals surface area (Å²) in [5.41, 5.74) is 0.603. The monoisotopic (exact) mass is 356 g/mol. The highest BCUT2D eigenvalue weighted by atomic mass is 32.2. The Kier molecular flexibility index (Phi) is 6.17. The molecular weight excluding hydrogens is 331 g/mol. The smallest absolute Gasteiger partial charge is 0.208 e. The molecule has 1 aliphatic rings. The Morgan fingerprint density at radius 3 is 2.54 bits per heavy atom. The van der Waals surface area contributed by atoms with Crippen LogP contribution in [-0.2, 0) is 15.4 Å². The Morgan fingerprint density at radius 1 is 1.25 bits per heavy atom. The molecule has 0 atom stereocenters. The summed E-state index contributed by atoms with van der Waals surface area (Å²) in [6, 6.07) is 6.90. The molecule has 0 aliphatic heterocycles. The first-order valence-corrected chi connectivity index (χ1v) is 9.90. The van der Waals surface area contributed by atoms with Gasteiger partial charge in [0.2, 0.25) is 10.0 Å². The molecule has 0 unspecified atom stereocenters. The predicted octanol–water partition coefficient (Wildman–Crippen LogP) is 0.962. The van der Waals surface area contributed by atoms with Gasteiger partial charge in [0.25, 0.3) is 0 Å². The molecular formula is C16H25FN4O2S. The Morgan fingerprint density at radius 2 is 1.96 bits per heavy atom. The Labute approximate surface area is 143 Å². The molecule has 1 fully saturated rings. The summed E-state index contributed by atoms with van der Waals surface area (Å²) in [7, 11) is -1.47. The lowest BCUT2D eigenvalue weighted by atomic mass is 9.95. The van der Waals surface area contributed by atoms with Crippen LogP contribution in [0, 0.1) is 5.82 Å². The molecule has 24 heavy (non-hydrogen) atoms. The SMILES string of the molecule is CN=C(NCCCNS(C)(=O)=O)NCC1(c2ccccc2F)CC1. The van der Waals surface area contributed by atoms with E-state index in [1.54, 1.807) is 13.1 Å². The highest BCUT2D eigenvalue weighted by Crippen LogP contribution is 2.48. The van der Waals surface area contributed by atoms with E-state index in [0.29, 0.717) is 32.0 Å². The van der Waals surface area contributed by atoms with Crippen molar-refractivity contribution in [2.45, 2.75) is 24.7 Å². The van der Waals surface area contributed by atoms with Gasteiger partial charge in [-0.1, -0.05) is 18.2 Å². The maximum Gasteiger partial charge on any atom is 0.208 e. The molecule has 0 saturated heterocycles. The molecule has 0 bridgehead atoms.